The lowest BCUT2D eigenvalue weighted by Gasteiger charge is -2.42. The first-order valence-electron chi connectivity index (χ1n) is 11.4. The van der Waals surface area contributed by atoms with E-state index >= 15 is 0 Å². The summed E-state index contributed by atoms with van der Waals surface area (Å²) in [6.07, 6.45) is 11.8. The number of aliphatic imine (C=N–C) groups is 1. The zero-order chi connectivity index (χ0) is 19.6. The summed E-state index contributed by atoms with van der Waals surface area (Å²) < 4.78 is 0. The maximum Gasteiger partial charge on any atom is 0.189 e. The molecular formula is C22H36N6. The van der Waals surface area contributed by atoms with E-state index in [1.165, 1.54) is 64.5 Å². The quantitative estimate of drug-likeness (QED) is 0.400. The molecule has 0 atom stereocenters. The summed E-state index contributed by atoms with van der Waals surface area (Å²) in [5.41, 5.74) is 0. The fourth-order valence-corrected chi connectivity index (χ4v) is 4.95. The van der Waals surface area contributed by atoms with Crippen LogP contribution in [0.5, 0.6) is 0 Å². The molecule has 0 bridgehead atoms. The van der Waals surface area contributed by atoms with Crippen LogP contribution in [-0.2, 0) is 0 Å². The van der Waals surface area contributed by atoms with Crippen LogP contribution >= 0.6 is 0 Å². The second kappa shape index (κ2) is 11.4. The highest BCUT2D eigenvalue weighted by Crippen LogP contribution is 2.24. The predicted octanol–water partition coefficient (Wildman–Crippen LogP) is 2.87. The maximum absolute atomic E-state index is 9.44. The Hall–Kier alpha value is -1.63. The van der Waals surface area contributed by atoms with Crippen LogP contribution in [0, 0.1) is 28.6 Å². The average Bonchev–Trinajstić information content (AvgIpc) is 2.77. The molecule has 0 radical (unpaired) electrons. The normalized spacial score (nSPS) is 23.5. The van der Waals surface area contributed by atoms with Gasteiger partial charge in [0.05, 0.1) is 12.1 Å². The minimum Gasteiger partial charge on any atom is -0.356 e. The largest absolute Gasteiger partial charge is 0.356 e. The van der Waals surface area contributed by atoms with Gasteiger partial charge in [-0.2, -0.15) is 10.5 Å². The van der Waals surface area contributed by atoms with E-state index in [1.807, 2.05) is 0 Å². The van der Waals surface area contributed by atoms with E-state index < -0.39 is 5.92 Å². The van der Waals surface area contributed by atoms with Gasteiger partial charge in [0.1, 0.15) is 5.84 Å². The molecule has 3 aliphatic rings. The number of hydrogen-bond acceptors (Lipinski definition) is 5. The molecular weight excluding hydrogens is 348 g/mol. The number of nitriles is 2. The molecule has 0 N–H and O–H groups in total. The molecule has 0 spiro atoms. The fraction of sp³-hybridized carbons (Fsp3) is 0.864. The Morgan fingerprint density at radius 1 is 0.857 bits per heavy atom. The number of rotatable bonds is 6. The third-order valence-electron chi connectivity index (χ3n) is 6.60. The van der Waals surface area contributed by atoms with E-state index in [9.17, 15) is 10.5 Å². The number of amidine groups is 1. The molecule has 154 valence electrons. The van der Waals surface area contributed by atoms with Crippen molar-refractivity contribution >= 4 is 5.84 Å². The maximum atomic E-state index is 9.44. The Morgan fingerprint density at radius 3 is 2.14 bits per heavy atom. The van der Waals surface area contributed by atoms with Gasteiger partial charge in [-0.15, -0.1) is 0 Å². The van der Waals surface area contributed by atoms with Crippen molar-refractivity contribution in [2.24, 2.45) is 10.9 Å². The Bertz CT molecular complexity index is 555. The van der Waals surface area contributed by atoms with Crippen molar-refractivity contribution in [3.8, 4) is 12.1 Å². The van der Waals surface area contributed by atoms with Gasteiger partial charge in [-0.3, -0.25) is 9.89 Å². The van der Waals surface area contributed by atoms with E-state index in [-0.39, 0.29) is 0 Å². The Balaban J connectivity index is 1.51. The lowest BCUT2D eigenvalue weighted by atomic mass is 9.94. The average molecular weight is 385 g/mol. The zero-order valence-electron chi connectivity index (χ0n) is 17.4. The molecule has 0 unspecified atom stereocenters. The monoisotopic (exact) mass is 384 g/mol. The van der Waals surface area contributed by atoms with Gasteiger partial charge in [0.15, 0.2) is 5.92 Å². The minimum absolute atomic E-state index is 0.715. The molecule has 3 rings (SSSR count). The lowest BCUT2D eigenvalue weighted by Crippen LogP contribution is -2.53. The molecule has 6 heteroatoms. The summed E-state index contributed by atoms with van der Waals surface area (Å²) in [6.45, 7) is 8.05. The smallest absolute Gasteiger partial charge is 0.189 e. The molecule has 3 fully saturated rings. The summed E-state index contributed by atoms with van der Waals surface area (Å²) >= 11 is 0. The topological polar surface area (TPSA) is 69.7 Å². The molecule has 28 heavy (non-hydrogen) atoms. The number of piperidine rings is 1. The van der Waals surface area contributed by atoms with Gasteiger partial charge < -0.3 is 9.80 Å². The molecule has 0 aromatic rings. The molecule has 6 nitrogen and oxygen atoms in total. The highest BCUT2D eigenvalue weighted by molar-refractivity contribution is 5.89. The van der Waals surface area contributed by atoms with E-state index in [2.05, 4.69) is 26.8 Å². The van der Waals surface area contributed by atoms with Gasteiger partial charge in [0.2, 0.25) is 0 Å². The minimum atomic E-state index is -0.740. The summed E-state index contributed by atoms with van der Waals surface area (Å²) in [6, 6.07) is 5.05. The second-order valence-corrected chi connectivity index (χ2v) is 8.50. The number of hydrogen-bond donors (Lipinski definition) is 0. The van der Waals surface area contributed by atoms with Crippen LogP contribution in [0.1, 0.15) is 57.8 Å². The highest BCUT2D eigenvalue weighted by Gasteiger charge is 2.29. The van der Waals surface area contributed by atoms with Crippen molar-refractivity contribution in [3.05, 3.63) is 0 Å². The van der Waals surface area contributed by atoms with Crippen molar-refractivity contribution < 1.29 is 0 Å². The molecule has 2 heterocycles. The van der Waals surface area contributed by atoms with Crippen LogP contribution in [0.4, 0.5) is 0 Å². The highest BCUT2D eigenvalue weighted by atomic mass is 15.3. The Kier molecular flexibility index (Phi) is 8.58. The van der Waals surface area contributed by atoms with Gasteiger partial charge in [0, 0.05) is 38.8 Å². The molecule has 2 aliphatic heterocycles. The molecule has 0 aromatic carbocycles. The number of piperazine rings is 1. The van der Waals surface area contributed by atoms with Crippen LogP contribution in [0.15, 0.2) is 4.99 Å². The third kappa shape index (κ3) is 5.93. The van der Waals surface area contributed by atoms with E-state index in [0.717, 1.165) is 45.2 Å². The first-order valence-corrected chi connectivity index (χ1v) is 11.4. The van der Waals surface area contributed by atoms with Crippen molar-refractivity contribution in [2.75, 3.05) is 52.4 Å². The van der Waals surface area contributed by atoms with Crippen LogP contribution in [0.3, 0.4) is 0 Å². The first kappa shape index (κ1) is 21.1. The molecule has 0 amide bonds. The summed E-state index contributed by atoms with van der Waals surface area (Å²) in [4.78, 5) is 12.1. The van der Waals surface area contributed by atoms with Crippen LogP contribution in [-0.4, -0.2) is 78.9 Å². The van der Waals surface area contributed by atoms with Crippen molar-refractivity contribution in [2.45, 2.75) is 63.8 Å². The Labute approximate surface area is 170 Å². The lowest BCUT2D eigenvalue weighted by molar-refractivity contribution is 0.106. The van der Waals surface area contributed by atoms with Gasteiger partial charge in [-0.1, -0.05) is 25.7 Å². The fourth-order valence-electron chi connectivity index (χ4n) is 4.95. The van der Waals surface area contributed by atoms with Crippen molar-refractivity contribution in [1.82, 2.24) is 14.7 Å². The zero-order valence-corrected chi connectivity index (χ0v) is 17.4. The van der Waals surface area contributed by atoms with Gasteiger partial charge in [-0.05, 0) is 51.7 Å². The Morgan fingerprint density at radius 2 is 1.50 bits per heavy atom. The standard InChI is InChI=1S/C22H36N6/c23-18-20(19-24)22(25-10-7-13-26-11-5-2-6-12-26)28-16-14-27(15-17-28)21-8-3-1-4-9-21/h20-21H,1-17H2. The van der Waals surface area contributed by atoms with Crippen molar-refractivity contribution in [3.63, 3.8) is 0 Å². The van der Waals surface area contributed by atoms with Crippen LogP contribution in [0.2, 0.25) is 0 Å². The van der Waals surface area contributed by atoms with Gasteiger partial charge in [-0.25, -0.2) is 0 Å². The summed E-state index contributed by atoms with van der Waals surface area (Å²) in [5.74, 6) is -0.0249. The second-order valence-electron chi connectivity index (χ2n) is 8.50. The summed E-state index contributed by atoms with van der Waals surface area (Å²) in [5, 5.41) is 18.9. The van der Waals surface area contributed by atoms with Gasteiger partial charge >= 0.3 is 0 Å². The van der Waals surface area contributed by atoms with E-state index in [1.54, 1.807) is 0 Å². The predicted molar refractivity (Wildman–Crippen MR) is 112 cm³/mol. The molecule has 0 aromatic heterocycles. The van der Waals surface area contributed by atoms with Crippen LogP contribution in [0.25, 0.3) is 0 Å². The SMILES string of the molecule is N#CC(C#N)C(=NCCCN1CCCCC1)N1CCN(C2CCCCC2)CC1. The van der Waals surface area contributed by atoms with E-state index in [4.69, 9.17) is 4.99 Å². The molecule has 1 saturated carbocycles. The van der Waals surface area contributed by atoms with Crippen molar-refractivity contribution in [1.29, 1.82) is 10.5 Å². The van der Waals surface area contributed by atoms with Crippen LogP contribution < -0.4 is 0 Å². The number of nitrogens with zero attached hydrogens (tertiary/aromatic N) is 6. The third-order valence-corrected chi connectivity index (χ3v) is 6.60. The molecule has 1 aliphatic carbocycles. The van der Waals surface area contributed by atoms with E-state index in [0.29, 0.717) is 12.4 Å². The number of likely N-dealkylation sites (tertiary alicyclic amines) is 1. The first-order chi connectivity index (χ1) is 13.8. The molecule has 2 saturated heterocycles. The van der Waals surface area contributed by atoms with Gasteiger partial charge in [0.25, 0.3) is 0 Å². The summed E-state index contributed by atoms with van der Waals surface area (Å²) in [7, 11) is 0.